The molecule has 0 aliphatic rings. The fraction of sp³-hybridized carbons (Fsp3) is 0.0690. The Hall–Kier alpha value is -4.40. The number of halogens is 1. The summed E-state index contributed by atoms with van der Waals surface area (Å²) in [6, 6.07) is 21.5. The number of aliphatic hydroxyl groups is 1. The molecule has 0 amide bonds. The van der Waals surface area contributed by atoms with Gasteiger partial charge >= 0.3 is 0 Å². The van der Waals surface area contributed by atoms with Crippen LogP contribution in [-0.4, -0.2) is 24.6 Å². The Morgan fingerprint density at radius 2 is 1.84 bits per heavy atom. The summed E-state index contributed by atoms with van der Waals surface area (Å²) in [6.45, 7) is 1.95. The molecule has 0 aliphatic carbocycles. The van der Waals surface area contributed by atoms with Crippen LogP contribution in [0.4, 0.5) is 4.39 Å². The van der Waals surface area contributed by atoms with Crippen molar-refractivity contribution in [2.75, 3.05) is 0 Å². The molecule has 6 nitrogen and oxygen atoms in total. The standard InChI is InChI=1S/C29H21FN4O2S/c1-18-32-25-17-31-14-13-26(25)34(18)22-9-6-20(7-10-22)29(35)36-23-4-2-3-19(15-23)5-12-28-33-24-16-21(30)8-11-27(24)37-28/h2-17,29,35H,1H3. The number of benzene rings is 3. The molecule has 3 aromatic heterocycles. The average molecular weight is 509 g/mol. The lowest BCUT2D eigenvalue weighted by Gasteiger charge is -2.15. The van der Waals surface area contributed by atoms with Gasteiger partial charge < -0.3 is 9.84 Å². The van der Waals surface area contributed by atoms with Gasteiger partial charge in [-0.2, -0.15) is 0 Å². The Bertz CT molecular complexity index is 1760. The molecule has 0 saturated heterocycles. The van der Waals surface area contributed by atoms with E-state index < -0.39 is 6.29 Å². The van der Waals surface area contributed by atoms with E-state index in [0.29, 0.717) is 16.8 Å². The molecular formula is C29H21FN4O2S. The number of rotatable bonds is 6. The molecule has 37 heavy (non-hydrogen) atoms. The molecule has 8 heteroatoms. The van der Waals surface area contributed by atoms with E-state index in [9.17, 15) is 9.50 Å². The van der Waals surface area contributed by atoms with Gasteiger partial charge in [0.2, 0.25) is 6.29 Å². The third kappa shape index (κ3) is 4.72. The zero-order valence-corrected chi connectivity index (χ0v) is 20.6. The number of thiazole rings is 1. The molecule has 6 rings (SSSR count). The van der Waals surface area contributed by atoms with Crippen LogP contribution in [-0.2, 0) is 0 Å². The van der Waals surface area contributed by atoms with Crippen LogP contribution in [0.25, 0.3) is 39.1 Å². The van der Waals surface area contributed by atoms with Crippen LogP contribution in [0.15, 0.2) is 85.2 Å². The first kappa shape index (κ1) is 23.0. The summed E-state index contributed by atoms with van der Waals surface area (Å²) in [6.07, 6.45) is 6.16. The van der Waals surface area contributed by atoms with Crippen LogP contribution in [0.2, 0.25) is 0 Å². The summed E-state index contributed by atoms with van der Waals surface area (Å²) in [5, 5.41) is 11.5. The number of ether oxygens (including phenoxy) is 1. The summed E-state index contributed by atoms with van der Waals surface area (Å²) in [5.41, 5.74) is 4.91. The lowest BCUT2D eigenvalue weighted by atomic mass is 10.2. The number of hydrogen-bond acceptors (Lipinski definition) is 6. The SMILES string of the molecule is Cc1nc2cnccc2n1-c1ccc(C(O)Oc2cccc(C=Cc3nc4cc(F)ccc4s3)c2)cc1. The molecule has 1 atom stereocenters. The van der Waals surface area contributed by atoms with Gasteiger partial charge in [0.05, 0.1) is 21.9 Å². The normalized spacial score (nSPS) is 12.5. The minimum atomic E-state index is -1.13. The molecule has 0 spiro atoms. The third-order valence-electron chi connectivity index (χ3n) is 5.95. The number of nitrogens with zero attached hydrogens (tertiary/aromatic N) is 4. The highest BCUT2D eigenvalue weighted by molar-refractivity contribution is 7.19. The zero-order chi connectivity index (χ0) is 25.4. The molecule has 0 bridgehead atoms. The Kier molecular flexibility index (Phi) is 5.96. The van der Waals surface area contributed by atoms with E-state index in [4.69, 9.17) is 4.74 Å². The van der Waals surface area contributed by atoms with Crippen molar-refractivity contribution < 1.29 is 14.2 Å². The van der Waals surface area contributed by atoms with Crippen molar-refractivity contribution >= 4 is 44.7 Å². The largest absolute Gasteiger partial charge is 0.461 e. The smallest absolute Gasteiger partial charge is 0.224 e. The van der Waals surface area contributed by atoms with E-state index in [1.54, 1.807) is 24.5 Å². The van der Waals surface area contributed by atoms with Crippen molar-refractivity contribution in [3.05, 3.63) is 113 Å². The number of pyridine rings is 1. The fourth-order valence-electron chi connectivity index (χ4n) is 4.21. The Balaban J connectivity index is 1.17. The van der Waals surface area contributed by atoms with Crippen molar-refractivity contribution in [1.29, 1.82) is 0 Å². The lowest BCUT2D eigenvalue weighted by molar-refractivity contribution is -0.0194. The quantitative estimate of drug-likeness (QED) is 0.253. The van der Waals surface area contributed by atoms with Crippen LogP contribution in [0.5, 0.6) is 5.75 Å². The molecule has 0 aliphatic heterocycles. The maximum absolute atomic E-state index is 13.4. The summed E-state index contributed by atoms with van der Waals surface area (Å²) in [5.74, 6) is 1.10. The molecule has 3 heterocycles. The number of imidazole rings is 1. The first-order valence-corrected chi connectivity index (χ1v) is 12.4. The second-order valence-corrected chi connectivity index (χ2v) is 9.55. The van der Waals surface area contributed by atoms with Gasteiger partial charge in [0.25, 0.3) is 0 Å². The monoisotopic (exact) mass is 508 g/mol. The van der Waals surface area contributed by atoms with Gasteiger partial charge in [0.15, 0.2) is 0 Å². The summed E-state index contributed by atoms with van der Waals surface area (Å²) in [7, 11) is 0. The van der Waals surface area contributed by atoms with E-state index >= 15 is 0 Å². The first-order chi connectivity index (χ1) is 18.0. The number of fused-ring (bicyclic) bond motifs is 2. The van der Waals surface area contributed by atoms with Gasteiger partial charge in [0, 0.05) is 23.5 Å². The molecule has 1 N–H and O–H groups in total. The maximum Gasteiger partial charge on any atom is 0.224 e. The Labute approximate surface area is 216 Å². The molecule has 0 fully saturated rings. The summed E-state index contributed by atoms with van der Waals surface area (Å²) >= 11 is 1.49. The highest BCUT2D eigenvalue weighted by Crippen LogP contribution is 2.27. The summed E-state index contributed by atoms with van der Waals surface area (Å²) in [4.78, 5) is 13.2. The number of hydrogen-bond donors (Lipinski definition) is 1. The molecule has 0 saturated carbocycles. The van der Waals surface area contributed by atoms with Crippen molar-refractivity contribution in [2.24, 2.45) is 0 Å². The number of aryl methyl sites for hydroxylation is 1. The van der Waals surface area contributed by atoms with Crippen LogP contribution in [0.1, 0.15) is 28.2 Å². The molecule has 0 radical (unpaired) electrons. The van der Waals surface area contributed by atoms with Crippen molar-refractivity contribution in [3.63, 3.8) is 0 Å². The van der Waals surface area contributed by atoms with Crippen molar-refractivity contribution in [3.8, 4) is 11.4 Å². The Morgan fingerprint density at radius 3 is 2.70 bits per heavy atom. The van der Waals surface area contributed by atoms with Gasteiger partial charge in [0.1, 0.15) is 27.9 Å². The topological polar surface area (TPSA) is 73.1 Å². The first-order valence-electron chi connectivity index (χ1n) is 11.6. The molecule has 6 aromatic rings. The van der Waals surface area contributed by atoms with E-state index in [2.05, 4.69) is 15.0 Å². The molecular weight excluding hydrogens is 487 g/mol. The second kappa shape index (κ2) is 9.57. The minimum absolute atomic E-state index is 0.297. The predicted octanol–water partition coefficient (Wildman–Crippen LogP) is 6.72. The summed E-state index contributed by atoms with van der Waals surface area (Å²) < 4.78 is 22.2. The van der Waals surface area contributed by atoms with Crippen LogP contribution < -0.4 is 4.74 Å². The molecule has 182 valence electrons. The van der Waals surface area contributed by atoms with Crippen molar-refractivity contribution in [1.82, 2.24) is 19.5 Å². The predicted molar refractivity (Wildman–Crippen MR) is 144 cm³/mol. The van der Waals surface area contributed by atoms with Gasteiger partial charge in [-0.1, -0.05) is 30.3 Å². The van der Waals surface area contributed by atoms with Crippen LogP contribution in [0, 0.1) is 12.7 Å². The van der Waals surface area contributed by atoms with E-state index in [-0.39, 0.29) is 5.82 Å². The maximum atomic E-state index is 13.4. The van der Waals surface area contributed by atoms with E-state index in [0.717, 1.165) is 37.8 Å². The van der Waals surface area contributed by atoms with Gasteiger partial charge in [-0.15, -0.1) is 11.3 Å². The fourth-order valence-corrected chi connectivity index (χ4v) is 5.06. The van der Waals surface area contributed by atoms with Crippen molar-refractivity contribution in [2.45, 2.75) is 13.2 Å². The highest BCUT2D eigenvalue weighted by atomic mass is 32.1. The van der Waals surface area contributed by atoms with Gasteiger partial charge in [-0.3, -0.25) is 9.55 Å². The zero-order valence-electron chi connectivity index (χ0n) is 19.7. The molecule has 1 unspecified atom stereocenters. The van der Waals surface area contributed by atoms with Gasteiger partial charge in [-0.25, -0.2) is 14.4 Å². The van der Waals surface area contributed by atoms with Crippen LogP contribution in [0.3, 0.4) is 0 Å². The Morgan fingerprint density at radius 1 is 0.973 bits per heavy atom. The van der Waals surface area contributed by atoms with Crippen LogP contribution >= 0.6 is 11.3 Å². The minimum Gasteiger partial charge on any atom is -0.461 e. The van der Waals surface area contributed by atoms with E-state index in [1.807, 2.05) is 72.2 Å². The average Bonchev–Trinajstić information content (AvgIpc) is 3.47. The van der Waals surface area contributed by atoms with Gasteiger partial charge in [-0.05, 0) is 61.0 Å². The third-order valence-corrected chi connectivity index (χ3v) is 6.95. The van der Waals surface area contributed by atoms with E-state index in [1.165, 1.54) is 23.5 Å². The number of aromatic nitrogens is 4. The highest BCUT2D eigenvalue weighted by Gasteiger charge is 2.13. The number of aliphatic hydroxyl groups excluding tert-OH is 1. The lowest BCUT2D eigenvalue weighted by Crippen LogP contribution is -2.07. The molecule has 3 aromatic carbocycles. The second-order valence-electron chi connectivity index (χ2n) is 8.49.